The molecule has 1 atom stereocenters. The first kappa shape index (κ1) is 25.8. The lowest BCUT2D eigenvalue weighted by Gasteiger charge is -2.45. The summed E-state index contributed by atoms with van der Waals surface area (Å²) in [5.74, 6) is 0. The highest BCUT2D eigenvalue weighted by Crippen LogP contribution is 2.51. The van der Waals surface area contributed by atoms with Crippen LogP contribution in [0.3, 0.4) is 0 Å². The first-order valence-corrected chi connectivity index (χ1v) is 14.9. The lowest BCUT2D eigenvalue weighted by molar-refractivity contribution is 0.358. The first-order valence-electron chi connectivity index (χ1n) is 13.5. The zero-order chi connectivity index (χ0) is 24.7. The van der Waals surface area contributed by atoms with Crippen LogP contribution < -0.4 is 4.31 Å². The Morgan fingerprint density at radius 2 is 1.43 bits per heavy atom. The third kappa shape index (κ3) is 5.91. The predicted molar refractivity (Wildman–Crippen MR) is 148 cm³/mol. The largest absolute Gasteiger partial charge is 0.265 e. The van der Waals surface area contributed by atoms with E-state index >= 15 is 0 Å². The van der Waals surface area contributed by atoms with Crippen LogP contribution in [0.5, 0.6) is 0 Å². The van der Waals surface area contributed by atoms with E-state index in [-0.39, 0.29) is 5.41 Å². The van der Waals surface area contributed by atoms with Crippen molar-refractivity contribution in [1.29, 1.82) is 0 Å². The van der Waals surface area contributed by atoms with Crippen LogP contribution in [0.4, 0.5) is 5.69 Å². The van der Waals surface area contributed by atoms with Gasteiger partial charge in [-0.05, 0) is 56.4 Å². The molecule has 0 unspecified atom stereocenters. The van der Waals surface area contributed by atoms with E-state index in [1.807, 2.05) is 37.3 Å². The van der Waals surface area contributed by atoms with Crippen molar-refractivity contribution in [3.05, 3.63) is 78.4 Å². The molecule has 0 aromatic heterocycles. The topological polar surface area (TPSA) is 37.4 Å². The number of hydrogen-bond donors (Lipinski definition) is 0. The molecule has 0 saturated heterocycles. The van der Waals surface area contributed by atoms with Gasteiger partial charge in [-0.25, -0.2) is 8.42 Å². The van der Waals surface area contributed by atoms with Crippen molar-refractivity contribution in [3.63, 3.8) is 0 Å². The number of rotatable bonds is 2. The molecule has 0 bridgehead atoms. The molecule has 188 valence electrons. The van der Waals surface area contributed by atoms with Crippen LogP contribution in [0.2, 0.25) is 0 Å². The summed E-state index contributed by atoms with van der Waals surface area (Å²) in [6.07, 6.45) is 19.0. The molecule has 2 aromatic carbocycles. The van der Waals surface area contributed by atoms with Gasteiger partial charge >= 0.3 is 0 Å². The van der Waals surface area contributed by atoms with E-state index in [4.69, 9.17) is 0 Å². The molecule has 0 fully saturated rings. The lowest BCUT2D eigenvalue weighted by atomic mass is 9.69. The molecule has 0 amide bonds. The Kier molecular flexibility index (Phi) is 8.54. The molecule has 35 heavy (non-hydrogen) atoms. The van der Waals surface area contributed by atoms with E-state index in [9.17, 15) is 8.42 Å². The average Bonchev–Trinajstić information content (AvgIpc) is 2.87. The quantitative estimate of drug-likeness (QED) is 0.395. The Morgan fingerprint density at radius 3 is 2.14 bits per heavy atom. The summed E-state index contributed by atoms with van der Waals surface area (Å²) in [5.41, 5.74) is 3.59. The summed E-state index contributed by atoms with van der Waals surface area (Å²) in [4.78, 5) is 0.355. The Balaban J connectivity index is 1.71. The van der Waals surface area contributed by atoms with Gasteiger partial charge in [0, 0.05) is 17.5 Å². The summed E-state index contributed by atoms with van der Waals surface area (Å²) >= 11 is 0. The van der Waals surface area contributed by atoms with Crippen molar-refractivity contribution in [1.82, 2.24) is 0 Å². The molecule has 2 aromatic rings. The van der Waals surface area contributed by atoms with Crippen LogP contribution in [-0.2, 0) is 10.0 Å². The van der Waals surface area contributed by atoms with Crippen LogP contribution in [0, 0.1) is 12.3 Å². The second-order valence-corrected chi connectivity index (χ2v) is 12.4. The molecule has 0 N–H and O–H groups in total. The van der Waals surface area contributed by atoms with E-state index < -0.39 is 10.0 Å². The molecular weight excluding hydrogens is 450 g/mol. The van der Waals surface area contributed by atoms with Gasteiger partial charge in [-0.3, -0.25) is 4.31 Å². The van der Waals surface area contributed by atoms with Gasteiger partial charge in [-0.2, -0.15) is 0 Å². The van der Waals surface area contributed by atoms with Crippen molar-refractivity contribution in [2.24, 2.45) is 5.41 Å². The summed E-state index contributed by atoms with van der Waals surface area (Å²) in [6.45, 7) is 7.02. The normalized spacial score (nSPS) is 23.8. The molecular formula is C31H41NO2S. The van der Waals surface area contributed by atoms with Gasteiger partial charge < -0.3 is 0 Å². The van der Waals surface area contributed by atoms with Crippen molar-refractivity contribution < 1.29 is 8.42 Å². The van der Waals surface area contributed by atoms with Crippen molar-refractivity contribution in [2.45, 2.75) is 88.9 Å². The molecule has 1 aliphatic heterocycles. The zero-order valence-electron chi connectivity index (χ0n) is 21.3. The summed E-state index contributed by atoms with van der Waals surface area (Å²) in [6, 6.07) is 15.1. The SMILES string of the molecule is C=C1c2ccccc2N(S(=O)(=O)c2ccc(C)cc2)C[C@]12C/C=C\CCCCCCCCCCC2. The summed E-state index contributed by atoms with van der Waals surface area (Å²) < 4.78 is 29.6. The smallest absolute Gasteiger partial charge is 0.264 e. The highest BCUT2D eigenvalue weighted by atomic mass is 32.2. The zero-order valence-corrected chi connectivity index (χ0v) is 22.2. The maximum absolute atomic E-state index is 14.0. The second kappa shape index (κ2) is 11.6. The number of benzene rings is 2. The van der Waals surface area contributed by atoms with Crippen molar-refractivity contribution in [3.8, 4) is 0 Å². The molecule has 0 radical (unpaired) electrons. The highest BCUT2D eigenvalue weighted by molar-refractivity contribution is 7.92. The van der Waals surface area contributed by atoms with Gasteiger partial charge in [0.1, 0.15) is 0 Å². The number of nitrogens with zero attached hydrogens (tertiary/aromatic N) is 1. The van der Waals surface area contributed by atoms with Crippen LogP contribution in [0.25, 0.3) is 5.57 Å². The molecule has 3 nitrogen and oxygen atoms in total. The minimum Gasteiger partial charge on any atom is -0.265 e. The van der Waals surface area contributed by atoms with Crippen LogP contribution in [0.1, 0.15) is 88.2 Å². The van der Waals surface area contributed by atoms with E-state index in [1.54, 1.807) is 16.4 Å². The minimum absolute atomic E-state index is 0.289. The van der Waals surface area contributed by atoms with Gasteiger partial charge in [-0.1, -0.05) is 106 Å². The minimum atomic E-state index is -3.69. The van der Waals surface area contributed by atoms with E-state index in [0.717, 1.165) is 48.1 Å². The number of sulfonamides is 1. The predicted octanol–water partition coefficient (Wildman–Crippen LogP) is 8.45. The van der Waals surface area contributed by atoms with Gasteiger partial charge in [0.05, 0.1) is 10.6 Å². The van der Waals surface area contributed by atoms with Gasteiger partial charge in [0.15, 0.2) is 0 Å². The standard InChI is InChI=1S/C31H41NO2S/c1-26-19-21-28(22-20-26)35(33,34)32-25-31(27(2)29-17-13-14-18-30(29)32)23-15-11-9-7-5-3-4-6-8-10-12-16-24-31/h11,13-15,17-22H,2-10,12,16,23-25H2,1H3/b15-11-/t31-/m1/s1. The molecule has 1 aliphatic carbocycles. The van der Waals surface area contributed by atoms with E-state index in [0.29, 0.717) is 11.4 Å². The maximum atomic E-state index is 14.0. The van der Waals surface area contributed by atoms with Gasteiger partial charge in [-0.15, -0.1) is 0 Å². The fraction of sp³-hybridized carbons (Fsp3) is 0.484. The third-order valence-electron chi connectivity index (χ3n) is 7.89. The Hall–Kier alpha value is -2.33. The van der Waals surface area contributed by atoms with Crippen molar-refractivity contribution >= 4 is 21.3 Å². The lowest BCUT2D eigenvalue weighted by Crippen LogP contribution is -2.45. The first-order chi connectivity index (χ1) is 16.9. The number of allylic oxidation sites excluding steroid dienone is 2. The summed E-state index contributed by atoms with van der Waals surface area (Å²) in [7, 11) is -3.69. The number of hydrogen-bond acceptors (Lipinski definition) is 2. The number of para-hydroxylation sites is 1. The molecule has 0 saturated carbocycles. The Morgan fingerprint density at radius 1 is 0.800 bits per heavy atom. The fourth-order valence-electron chi connectivity index (χ4n) is 5.65. The second-order valence-electron chi connectivity index (χ2n) is 10.5. The van der Waals surface area contributed by atoms with E-state index in [2.05, 4.69) is 24.8 Å². The molecule has 2 aliphatic rings. The Labute approximate surface area is 213 Å². The maximum Gasteiger partial charge on any atom is 0.264 e. The Bertz CT molecular complexity index is 1130. The van der Waals surface area contributed by atoms with Crippen LogP contribution in [0.15, 0.2) is 72.2 Å². The highest BCUT2D eigenvalue weighted by Gasteiger charge is 2.43. The summed E-state index contributed by atoms with van der Waals surface area (Å²) in [5, 5.41) is 0. The molecule has 1 spiro atoms. The fourth-order valence-corrected chi connectivity index (χ4v) is 7.22. The van der Waals surface area contributed by atoms with Gasteiger partial charge in [0.2, 0.25) is 0 Å². The molecule has 1 heterocycles. The third-order valence-corrected chi connectivity index (χ3v) is 9.67. The number of anilines is 1. The van der Waals surface area contributed by atoms with E-state index in [1.165, 1.54) is 51.4 Å². The average molecular weight is 492 g/mol. The molecule has 4 rings (SSSR count). The number of fused-ring (bicyclic) bond motifs is 1. The number of aryl methyl sites for hydroxylation is 1. The van der Waals surface area contributed by atoms with Crippen molar-refractivity contribution in [2.75, 3.05) is 10.8 Å². The van der Waals surface area contributed by atoms with Crippen LogP contribution >= 0.6 is 0 Å². The monoisotopic (exact) mass is 491 g/mol. The van der Waals surface area contributed by atoms with Gasteiger partial charge in [0.25, 0.3) is 10.0 Å². The molecule has 4 heteroatoms. The van der Waals surface area contributed by atoms with Crippen LogP contribution in [-0.4, -0.2) is 15.0 Å².